The number of thiocarbonyl (C=S) groups is 2. The predicted molar refractivity (Wildman–Crippen MR) is 94.8 cm³/mol. The Labute approximate surface area is 139 Å². The quantitative estimate of drug-likeness (QED) is 0.773. The van der Waals surface area contributed by atoms with Crippen molar-refractivity contribution in [2.75, 3.05) is 19.0 Å². The summed E-state index contributed by atoms with van der Waals surface area (Å²) in [5, 5.41) is 0.629. The smallest absolute Gasteiger partial charge is 0.275 e. The van der Waals surface area contributed by atoms with Crippen LogP contribution in [0, 0.1) is 5.82 Å². The van der Waals surface area contributed by atoms with Crippen molar-refractivity contribution in [1.82, 2.24) is 4.90 Å². The minimum Gasteiger partial charge on any atom is -0.431 e. The maximum absolute atomic E-state index is 13.1. The Balaban J connectivity index is 2.30. The lowest BCUT2D eigenvalue weighted by atomic mass is 10.3. The van der Waals surface area contributed by atoms with E-state index in [2.05, 4.69) is 0 Å². The summed E-state index contributed by atoms with van der Waals surface area (Å²) in [6.07, 6.45) is 0. The Morgan fingerprint density at radius 2 is 1.55 bits per heavy atom. The minimum atomic E-state index is -0.325. The molecule has 0 aliphatic carbocycles. The highest BCUT2D eigenvalue weighted by molar-refractivity contribution is 7.82. The van der Waals surface area contributed by atoms with Gasteiger partial charge in [-0.3, -0.25) is 0 Å². The van der Waals surface area contributed by atoms with E-state index in [1.54, 1.807) is 34.1 Å². The number of nitrogens with zero attached hydrogens (tertiary/aromatic N) is 2. The van der Waals surface area contributed by atoms with Gasteiger partial charge in [-0.1, -0.05) is 18.2 Å². The zero-order chi connectivity index (χ0) is 16.1. The van der Waals surface area contributed by atoms with Crippen molar-refractivity contribution in [2.45, 2.75) is 0 Å². The lowest BCUT2D eigenvalue weighted by Crippen LogP contribution is -2.44. The normalized spacial score (nSPS) is 9.95. The summed E-state index contributed by atoms with van der Waals surface area (Å²) in [4.78, 5) is 3.32. The molecule has 2 aromatic rings. The number of para-hydroxylation sites is 1. The van der Waals surface area contributed by atoms with Crippen molar-refractivity contribution in [3.05, 3.63) is 60.4 Å². The van der Waals surface area contributed by atoms with Crippen LogP contribution in [-0.2, 0) is 0 Å². The molecule has 0 amide bonds. The number of halogens is 1. The Hall–Kier alpha value is -2.05. The van der Waals surface area contributed by atoms with Gasteiger partial charge in [0.05, 0.1) is 5.69 Å². The van der Waals surface area contributed by atoms with Gasteiger partial charge in [0.1, 0.15) is 11.6 Å². The Morgan fingerprint density at radius 3 is 2.09 bits per heavy atom. The summed E-state index contributed by atoms with van der Waals surface area (Å²) in [6, 6.07) is 15.1. The van der Waals surface area contributed by atoms with Crippen LogP contribution < -0.4 is 9.64 Å². The van der Waals surface area contributed by atoms with Gasteiger partial charge in [0.15, 0.2) is 5.11 Å². The lowest BCUT2D eigenvalue weighted by Gasteiger charge is -2.28. The van der Waals surface area contributed by atoms with Crippen LogP contribution in [0.5, 0.6) is 5.75 Å². The molecule has 0 unspecified atom stereocenters. The Kier molecular flexibility index (Phi) is 5.41. The van der Waals surface area contributed by atoms with Gasteiger partial charge in [0.2, 0.25) is 0 Å². The van der Waals surface area contributed by atoms with Crippen molar-refractivity contribution in [3.8, 4) is 5.75 Å². The molecule has 3 nitrogen and oxygen atoms in total. The first-order valence-corrected chi connectivity index (χ1v) is 7.34. The van der Waals surface area contributed by atoms with Gasteiger partial charge >= 0.3 is 0 Å². The fourth-order valence-electron chi connectivity index (χ4n) is 1.72. The number of hydrogen-bond acceptors (Lipinski definition) is 3. The topological polar surface area (TPSA) is 15.7 Å². The predicted octanol–water partition coefficient (Wildman–Crippen LogP) is 3.84. The first-order valence-electron chi connectivity index (χ1n) is 6.53. The third-order valence-electron chi connectivity index (χ3n) is 2.79. The van der Waals surface area contributed by atoms with Crippen molar-refractivity contribution < 1.29 is 9.13 Å². The first kappa shape index (κ1) is 16.3. The van der Waals surface area contributed by atoms with E-state index in [-0.39, 0.29) is 11.0 Å². The van der Waals surface area contributed by atoms with Crippen molar-refractivity contribution in [2.24, 2.45) is 0 Å². The average Bonchev–Trinajstić information content (AvgIpc) is 2.50. The van der Waals surface area contributed by atoms with E-state index in [1.807, 2.05) is 32.3 Å². The number of rotatable bonds is 2. The van der Waals surface area contributed by atoms with E-state index in [4.69, 9.17) is 29.2 Å². The zero-order valence-corrected chi connectivity index (χ0v) is 13.8. The third kappa shape index (κ3) is 3.99. The van der Waals surface area contributed by atoms with E-state index in [1.165, 1.54) is 12.1 Å². The highest BCUT2D eigenvalue weighted by Gasteiger charge is 2.20. The van der Waals surface area contributed by atoms with E-state index in [9.17, 15) is 4.39 Å². The Bertz CT molecular complexity index is 660. The Morgan fingerprint density at radius 1 is 0.955 bits per heavy atom. The number of ether oxygens (including phenoxy) is 1. The van der Waals surface area contributed by atoms with Crippen molar-refractivity contribution in [1.29, 1.82) is 0 Å². The standard InChI is InChI=1S/C16H15FN2OS2/c1-18(2)15(21)19(13-10-8-12(17)9-11-13)16(22)20-14-6-4-3-5-7-14/h3-11H,1-2H3. The molecule has 6 heteroatoms. The molecule has 0 fully saturated rings. The summed E-state index contributed by atoms with van der Waals surface area (Å²) >= 11 is 10.8. The maximum atomic E-state index is 13.1. The molecule has 0 aliphatic rings. The molecule has 2 rings (SSSR count). The molecule has 0 saturated carbocycles. The minimum absolute atomic E-state index is 0.177. The fourth-order valence-corrected chi connectivity index (χ4v) is 2.25. The second-order valence-electron chi connectivity index (χ2n) is 4.67. The molecule has 0 N–H and O–H groups in total. The summed E-state index contributed by atoms with van der Waals surface area (Å²) in [6.45, 7) is 0. The molecule has 0 atom stereocenters. The second kappa shape index (κ2) is 7.29. The van der Waals surface area contributed by atoms with Crippen LogP contribution in [0.2, 0.25) is 0 Å². The third-order valence-corrected chi connectivity index (χ3v) is 3.60. The van der Waals surface area contributed by atoms with Gasteiger partial charge in [0.25, 0.3) is 5.17 Å². The summed E-state index contributed by atoms with van der Waals surface area (Å²) in [5.41, 5.74) is 0.640. The molecule has 0 heterocycles. The highest BCUT2D eigenvalue weighted by Crippen LogP contribution is 2.19. The lowest BCUT2D eigenvalue weighted by molar-refractivity contribution is 0.549. The number of anilines is 1. The SMILES string of the molecule is CN(C)C(=S)N(C(=S)Oc1ccccc1)c1ccc(F)cc1. The van der Waals surface area contributed by atoms with Gasteiger partial charge in [0, 0.05) is 14.1 Å². The molecule has 2 aromatic carbocycles. The summed E-state index contributed by atoms with van der Waals surface area (Å²) in [7, 11) is 3.62. The van der Waals surface area contributed by atoms with E-state index >= 15 is 0 Å². The molecule has 114 valence electrons. The molecule has 0 aliphatic heterocycles. The molecular weight excluding hydrogens is 319 g/mol. The van der Waals surface area contributed by atoms with Crippen LogP contribution in [0.3, 0.4) is 0 Å². The molecule has 0 saturated heterocycles. The molecule has 0 aromatic heterocycles. The van der Waals surface area contributed by atoms with Gasteiger partial charge in [-0.25, -0.2) is 9.29 Å². The highest BCUT2D eigenvalue weighted by atomic mass is 32.1. The molecule has 0 spiro atoms. The van der Waals surface area contributed by atoms with E-state index < -0.39 is 0 Å². The van der Waals surface area contributed by atoms with Crippen LogP contribution in [-0.4, -0.2) is 29.3 Å². The number of hydrogen-bond donors (Lipinski definition) is 0. The van der Waals surface area contributed by atoms with E-state index in [0.717, 1.165) is 0 Å². The molecule has 0 bridgehead atoms. The van der Waals surface area contributed by atoms with Gasteiger partial charge < -0.3 is 9.64 Å². The largest absolute Gasteiger partial charge is 0.431 e. The summed E-state index contributed by atoms with van der Waals surface area (Å²) in [5.74, 6) is 0.288. The van der Waals surface area contributed by atoms with Crippen LogP contribution in [0.15, 0.2) is 54.6 Å². The zero-order valence-electron chi connectivity index (χ0n) is 12.2. The fraction of sp³-hybridized carbons (Fsp3) is 0.125. The van der Waals surface area contributed by atoms with Crippen molar-refractivity contribution >= 4 is 40.4 Å². The summed E-state index contributed by atoms with van der Waals surface area (Å²) < 4.78 is 18.8. The molecule has 22 heavy (non-hydrogen) atoms. The van der Waals surface area contributed by atoms with Gasteiger partial charge in [-0.05, 0) is 60.8 Å². The van der Waals surface area contributed by atoms with Gasteiger partial charge in [-0.2, -0.15) is 0 Å². The van der Waals surface area contributed by atoms with Crippen LogP contribution >= 0.6 is 24.4 Å². The van der Waals surface area contributed by atoms with Crippen molar-refractivity contribution in [3.63, 3.8) is 0 Å². The molecular formula is C16H15FN2OS2. The molecule has 0 radical (unpaired) electrons. The van der Waals surface area contributed by atoms with Crippen LogP contribution in [0.1, 0.15) is 0 Å². The monoisotopic (exact) mass is 334 g/mol. The second-order valence-corrected chi connectivity index (χ2v) is 5.38. The maximum Gasteiger partial charge on any atom is 0.275 e. The van der Waals surface area contributed by atoms with Gasteiger partial charge in [-0.15, -0.1) is 0 Å². The first-order chi connectivity index (χ1) is 10.5. The van der Waals surface area contributed by atoms with Crippen LogP contribution in [0.4, 0.5) is 10.1 Å². The average molecular weight is 334 g/mol. The van der Waals surface area contributed by atoms with E-state index in [0.29, 0.717) is 16.5 Å². The number of benzene rings is 2. The van der Waals surface area contributed by atoms with Crippen LogP contribution in [0.25, 0.3) is 0 Å².